The van der Waals surface area contributed by atoms with Crippen molar-refractivity contribution < 1.29 is 4.74 Å². The Morgan fingerprint density at radius 1 is 1.11 bits per heavy atom. The second-order valence-corrected chi connectivity index (χ2v) is 5.25. The zero-order valence-corrected chi connectivity index (χ0v) is 13.2. The summed E-state index contributed by atoms with van der Waals surface area (Å²) in [6, 6.07) is 1.31. The molecule has 0 aromatic carbocycles. The number of hydrogen-bond donors (Lipinski definition) is 1. The maximum absolute atomic E-state index is 5.05. The van der Waals surface area contributed by atoms with Crippen LogP contribution in [-0.4, -0.2) is 50.3 Å². The standard InChI is InChI=1S/C15H34N2O/c1-6-8-11-17(14(3)7-2)15(4)13-16-10-9-12-18-5/h14-16H,6-13H2,1-5H3. The molecule has 3 heteroatoms. The Morgan fingerprint density at radius 2 is 1.83 bits per heavy atom. The number of nitrogens with zero attached hydrogens (tertiary/aromatic N) is 1. The smallest absolute Gasteiger partial charge is 0.0474 e. The van der Waals surface area contributed by atoms with E-state index in [1.807, 2.05) is 0 Å². The lowest BCUT2D eigenvalue weighted by atomic mass is 10.1. The molecule has 0 aliphatic heterocycles. The van der Waals surface area contributed by atoms with Crippen LogP contribution in [0.5, 0.6) is 0 Å². The van der Waals surface area contributed by atoms with Gasteiger partial charge in [-0.1, -0.05) is 20.3 Å². The molecule has 0 aromatic rings. The fraction of sp³-hybridized carbons (Fsp3) is 1.00. The van der Waals surface area contributed by atoms with Gasteiger partial charge in [0.1, 0.15) is 0 Å². The number of hydrogen-bond acceptors (Lipinski definition) is 3. The van der Waals surface area contributed by atoms with Gasteiger partial charge in [-0.25, -0.2) is 0 Å². The van der Waals surface area contributed by atoms with Crippen LogP contribution in [-0.2, 0) is 4.74 Å². The molecule has 0 aliphatic rings. The summed E-state index contributed by atoms with van der Waals surface area (Å²) >= 11 is 0. The molecule has 0 rings (SSSR count). The van der Waals surface area contributed by atoms with Gasteiger partial charge in [-0.15, -0.1) is 0 Å². The highest BCUT2D eigenvalue weighted by molar-refractivity contribution is 4.74. The minimum atomic E-state index is 0.619. The van der Waals surface area contributed by atoms with Crippen molar-refractivity contribution in [3.05, 3.63) is 0 Å². The maximum atomic E-state index is 5.05. The number of methoxy groups -OCH3 is 1. The van der Waals surface area contributed by atoms with Crippen LogP contribution in [0.3, 0.4) is 0 Å². The predicted octanol–water partition coefficient (Wildman–Crippen LogP) is 2.90. The summed E-state index contributed by atoms with van der Waals surface area (Å²) in [5.74, 6) is 0. The summed E-state index contributed by atoms with van der Waals surface area (Å²) in [6.45, 7) is 13.4. The van der Waals surface area contributed by atoms with E-state index in [9.17, 15) is 0 Å². The van der Waals surface area contributed by atoms with Crippen LogP contribution in [0.25, 0.3) is 0 Å². The normalized spacial score (nSPS) is 15.0. The van der Waals surface area contributed by atoms with Crippen molar-refractivity contribution in [3.8, 4) is 0 Å². The van der Waals surface area contributed by atoms with Crippen molar-refractivity contribution >= 4 is 0 Å². The molecule has 0 amide bonds. The minimum absolute atomic E-state index is 0.619. The van der Waals surface area contributed by atoms with Crippen LogP contribution < -0.4 is 5.32 Å². The highest BCUT2D eigenvalue weighted by atomic mass is 16.5. The van der Waals surface area contributed by atoms with E-state index in [1.165, 1.54) is 25.8 Å². The third-order valence-corrected chi connectivity index (χ3v) is 3.63. The van der Waals surface area contributed by atoms with Crippen LogP contribution in [0.1, 0.15) is 53.4 Å². The third kappa shape index (κ3) is 8.06. The van der Waals surface area contributed by atoms with Gasteiger partial charge in [-0.3, -0.25) is 4.90 Å². The second-order valence-electron chi connectivity index (χ2n) is 5.25. The molecule has 18 heavy (non-hydrogen) atoms. The predicted molar refractivity (Wildman–Crippen MR) is 80.2 cm³/mol. The number of unbranched alkanes of at least 4 members (excludes halogenated alkanes) is 1. The molecule has 2 unspecified atom stereocenters. The van der Waals surface area contributed by atoms with Gasteiger partial charge in [0.2, 0.25) is 0 Å². The maximum Gasteiger partial charge on any atom is 0.0474 e. The van der Waals surface area contributed by atoms with Crippen LogP contribution >= 0.6 is 0 Å². The summed E-state index contributed by atoms with van der Waals surface area (Å²) in [6.07, 6.45) is 4.92. The van der Waals surface area contributed by atoms with Gasteiger partial charge in [0.15, 0.2) is 0 Å². The largest absolute Gasteiger partial charge is 0.385 e. The van der Waals surface area contributed by atoms with E-state index in [0.29, 0.717) is 12.1 Å². The number of nitrogens with one attached hydrogen (secondary N) is 1. The lowest BCUT2D eigenvalue weighted by molar-refractivity contribution is 0.143. The summed E-state index contributed by atoms with van der Waals surface area (Å²) in [7, 11) is 1.76. The van der Waals surface area contributed by atoms with E-state index in [0.717, 1.165) is 26.1 Å². The van der Waals surface area contributed by atoms with Crippen molar-refractivity contribution in [2.75, 3.05) is 33.4 Å². The molecule has 0 fully saturated rings. The van der Waals surface area contributed by atoms with Crippen LogP contribution in [0, 0.1) is 0 Å². The molecule has 3 nitrogen and oxygen atoms in total. The molecule has 0 saturated carbocycles. The van der Waals surface area contributed by atoms with Gasteiger partial charge < -0.3 is 10.1 Å². The van der Waals surface area contributed by atoms with Gasteiger partial charge in [0.05, 0.1) is 0 Å². The Balaban J connectivity index is 3.92. The fourth-order valence-corrected chi connectivity index (χ4v) is 2.22. The van der Waals surface area contributed by atoms with Gasteiger partial charge in [0.25, 0.3) is 0 Å². The molecule has 0 spiro atoms. The van der Waals surface area contributed by atoms with E-state index in [4.69, 9.17) is 4.74 Å². The highest BCUT2D eigenvalue weighted by Gasteiger charge is 2.17. The molecule has 0 heterocycles. The number of ether oxygens (including phenoxy) is 1. The van der Waals surface area contributed by atoms with Crippen LogP contribution in [0.4, 0.5) is 0 Å². The molecular weight excluding hydrogens is 224 g/mol. The van der Waals surface area contributed by atoms with Gasteiger partial charge in [-0.05, 0) is 46.2 Å². The zero-order valence-electron chi connectivity index (χ0n) is 13.2. The van der Waals surface area contributed by atoms with Crippen molar-refractivity contribution in [1.82, 2.24) is 10.2 Å². The lowest BCUT2D eigenvalue weighted by Gasteiger charge is -2.34. The average Bonchev–Trinajstić information content (AvgIpc) is 2.38. The number of rotatable bonds is 12. The Bertz CT molecular complexity index is 176. The first-order valence-electron chi connectivity index (χ1n) is 7.62. The van der Waals surface area contributed by atoms with Gasteiger partial charge in [-0.2, -0.15) is 0 Å². The highest BCUT2D eigenvalue weighted by Crippen LogP contribution is 2.10. The zero-order chi connectivity index (χ0) is 13.8. The molecule has 2 atom stereocenters. The lowest BCUT2D eigenvalue weighted by Crippen LogP contribution is -2.45. The van der Waals surface area contributed by atoms with Crippen molar-refractivity contribution in [2.24, 2.45) is 0 Å². The molecule has 110 valence electrons. The third-order valence-electron chi connectivity index (χ3n) is 3.63. The fourth-order valence-electron chi connectivity index (χ4n) is 2.22. The van der Waals surface area contributed by atoms with Crippen molar-refractivity contribution in [1.29, 1.82) is 0 Å². The first-order chi connectivity index (χ1) is 8.67. The molecule has 0 radical (unpaired) electrons. The Labute approximate surface area is 114 Å². The molecule has 1 N–H and O–H groups in total. The summed E-state index contributed by atoms with van der Waals surface area (Å²) in [5, 5.41) is 3.53. The molecule has 0 aromatic heterocycles. The molecule has 0 bridgehead atoms. The second kappa shape index (κ2) is 11.9. The van der Waals surface area contributed by atoms with E-state index in [-0.39, 0.29) is 0 Å². The molecular formula is C15H34N2O. The molecule has 0 aliphatic carbocycles. The van der Waals surface area contributed by atoms with Crippen molar-refractivity contribution in [3.63, 3.8) is 0 Å². The quantitative estimate of drug-likeness (QED) is 0.545. The SMILES string of the molecule is CCCCN(C(C)CC)C(C)CNCCCOC. The van der Waals surface area contributed by atoms with Gasteiger partial charge >= 0.3 is 0 Å². The summed E-state index contributed by atoms with van der Waals surface area (Å²) in [5.41, 5.74) is 0. The first-order valence-corrected chi connectivity index (χ1v) is 7.62. The monoisotopic (exact) mass is 258 g/mol. The van der Waals surface area contributed by atoms with Crippen LogP contribution in [0.2, 0.25) is 0 Å². The average molecular weight is 258 g/mol. The topological polar surface area (TPSA) is 24.5 Å². The van der Waals surface area contributed by atoms with E-state index in [1.54, 1.807) is 7.11 Å². The molecule has 0 saturated heterocycles. The van der Waals surface area contributed by atoms with E-state index < -0.39 is 0 Å². The Hall–Kier alpha value is -0.120. The van der Waals surface area contributed by atoms with Crippen molar-refractivity contribution in [2.45, 2.75) is 65.5 Å². The summed E-state index contributed by atoms with van der Waals surface area (Å²) in [4.78, 5) is 2.65. The van der Waals surface area contributed by atoms with E-state index in [2.05, 4.69) is 37.9 Å². The van der Waals surface area contributed by atoms with Gasteiger partial charge in [0, 0.05) is 32.3 Å². The van der Waals surface area contributed by atoms with E-state index >= 15 is 0 Å². The minimum Gasteiger partial charge on any atom is -0.385 e. The Morgan fingerprint density at radius 3 is 2.39 bits per heavy atom. The first kappa shape index (κ1) is 17.9. The Kier molecular flexibility index (Phi) is 11.9. The van der Waals surface area contributed by atoms with Crippen LogP contribution in [0.15, 0.2) is 0 Å². The summed E-state index contributed by atoms with van der Waals surface area (Å²) < 4.78 is 5.05.